The Labute approximate surface area is 159 Å². The molecule has 0 saturated heterocycles. The maximum Gasteiger partial charge on any atom is 0.344 e. The number of hydrogen-bond acceptors (Lipinski definition) is 3. The van der Waals surface area contributed by atoms with E-state index in [0.717, 1.165) is 21.0 Å². The van der Waals surface area contributed by atoms with Crippen LogP contribution in [-0.4, -0.2) is 24.3 Å². The Morgan fingerprint density at radius 1 is 1.04 bits per heavy atom. The lowest BCUT2D eigenvalue weighted by molar-refractivity contribution is -0.112. The molecule has 0 unspecified atom stereocenters. The molecule has 0 bridgehead atoms. The molecule has 0 fully saturated rings. The number of carbonyl (C=O) groups excluding carboxylic acids is 1. The van der Waals surface area contributed by atoms with Crippen molar-refractivity contribution in [3.8, 4) is 0 Å². The van der Waals surface area contributed by atoms with Crippen LogP contribution in [0.1, 0.15) is 23.6 Å². The summed E-state index contributed by atoms with van der Waals surface area (Å²) in [5.41, 5.74) is 3.91. The molecule has 1 aliphatic rings. The Morgan fingerprint density at radius 3 is 2.44 bits per heavy atom. The summed E-state index contributed by atoms with van der Waals surface area (Å²) in [6, 6.07) is 14.8. The standard InChI is InChI=1S/C20H21N3O3S/c1-14-8-7-11-19(15(14)2)21-20(24)18-13-23(27(25,26)22-16(18)3)12-17-9-5-4-6-10-17/h4-11,13H,12H2,1-3H3,(H,21,24). The van der Waals surface area contributed by atoms with Crippen LogP contribution in [-0.2, 0) is 21.5 Å². The Kier molecular flexibility index (Phi) is 5.14. The molecule has 6 nitrogen and oxygen atoms in total. The molecule has 0 aliphatic carbocycles. The summed E-state index contributed by atoms with van der Waals surface area (Å²) >= 11 is 0. The Bertz CT molecular complexity index is 1040. The van der Waals surface area contributed by atoms with E-state index < -0.39 is 16.1 Å². The summed E-state index contributed by atoms with van der Waals surface area (Å²) in [6.07, 6.45) is 1.35. The molecule has 27 heavy (non-hydrogen) atoms. The summed E-state index contributed by atoms with van der Waals surface area (Å²) in [4.78, 5) is 12.8. The van der Waals surface area contributed by atoms with E-state index in [2.05, 4.69) is 9.71 Å². The topological polar surface area (TPSA) is 78.8 Å². The summed E-state index contributed by atoms with van der Waals surface area (Å²) in [7, 11) is -3.86. The maximum atomic E-state index is 12.8. The fourth-order valence-corrected chi connectivity index (χ4v) is 3.87. The predicted molar refractivity (Wildman–Crippen MR) is 107 cm³/mol. The van der Waals surface area contributed by atoms with E-state index >= 15 is 0 Å². The molecular formula is C20H21N3O3S. The van der Waals surface area contributed by atoms with Gasteiger partial charge in [0, 0.05) is 11.9 Å². The van der Waals surface area contributed by atoms with Gasteiger partial charge in [-0.15, -0.1) is 4.40 Å². The van der Waals surface area contributed by atoms with Gasteiger partial charge in [-0.2, -0.15) is 8.42 Å². The zero-order valence-corrected chi connectivity index (χ0v) is 16.2. The Hall–Kier alpha value is -2.93. The van der Waals surface area contributed by atoms with Crippen LogP contribution in [0.15, 0.2) is 64.7 Å². The molecule has 7 heteroatoms. The van der Waals surface area contributed by atoms with Crippen molar-refractivity contribution in [2.45, 2.75) is 27.3 Å². The first-order chi connectivity index (χ1) is 12.8. The second kappa shape index (κ2) is 7.36. The van der Waals surface area contributed by atoms with Crippen molar-refractivity contribution in [1.82, 2.24) is 4.31 Å². The molecule has 0 saturated carbocycles. The SMILES string of the molecule is CC1=NS(=O)(=O)N(Cc2ccccc2)C=C1C(=O)Nc1cccc(C)c1C. The average Bonchev–Trinajstić information content (AvgIpc) is 2.61. The molecule has 0 atom stereocenters. The molecule has 2 aromatic rings. The van der Waals surface area contributed by atoms with Crippen LogP contribution < -0.4 is 5.32 Å². The molecule has 1 heterocycles. The summed E-state index contributed by atoms with van der Waals surface area (Å²) < 4.78 is 29.6. The second-order valence-corrected chi connectivity index (χ2v) is 7.98. The first-order valence-electron chi connectivity index (χ1n) is 8.50. The lowest BCUT2D eigenvalue weighted by Gasteiger charge is -2.24. The molecule has 1 N–H and O–H groups in total. The van der Waals surface area contributed by atoms with E-state index in [-0.39, 0.29) is 17.8 Å². The van der Waals surface area contributed by atoms with Gasteiger partial charge in [0.1, 0.15) is 0 Å². The molecule has 2 aromatic carbocycles. The van der Waals surface area contributed by atoms with Crippen molar-refractivity contribution in [3.63, 3.8) is 0 Å². The molecule has 1 aliphatic heterocycles. The number of aryl methyl sites for hydroxylation is 1. The minimum atomic E-state index is -3.86. The highest BCUT2D eigenvalue weighted by Gasteiger charge is 2.28. The van der Waals surface area contributed by atoms with Gasteiger partial charge in [-0.05, 0) is 43.5 Å². The number of benzene rings is 2. The third kappa shape index (κ3) is 4.09. The highest BCUT2D eigenvalue weighted by molar-refractivity contribution is 7.88. The normalized spacial score (nSPS) is 15.7. The van der Waals surface area contributed by atoms with Gasteiger partial charge in [0.25, 0.3) is 5.91 Å². The maximum absolute atomic E-state index is 12.8. The third-order valence-electron chi connectivity index (χ3n) is 4.49. The van der Waals surface area contributed by atoms with Crippen molar-refractivity contribution in [2.75, 3.05) is 5.32 Å². The van der Waals surface area contributed by atoms with E-state index in [1.807, 2.05) is 62.4 Å². The Morgan fingerprint density at radius 2 is 1.74 bits per heavy atom. The molecule has 0 spiro atoms. The third-order valence-corrected chi connectivity index (χ3v) is 5.82. The van der Waals surface area contributed by atoms with E-state index in [1.165, 1.54) is 13.1 Å². The van der Waals surface area contributed by atoms with Gasteiger partial charge < -0.3 is 5.32 Å². The molecule has 0 radical (unpaired) electrons. The highest BCUT2D eigenvalue weighted by Crippen LogP contribution is 2.22. The van der Waals surface area contributed by atoms with E-state index in [4.69, 9.17) is 0 Å². The molecular weight excluding hydrogens is 362 g/mol. The minimum absolute atomic E-state index is 0.111. The fourth-order valence-electron chi connectivity index (χ4n) is 2.77. The molecule has 140 valence electrons. The summed E-state index contributed by atoms with van der Waals surface area (Å²) in [5.74, 6) is -0.391. The van der Waals surface area contributed by atoms with Crippen molar-refractivity contribution in [2.24, 2.45) is 4.40 Å². The molecule has 3 rings (SSSR count). The number of hydrogen-bond donors (Lipinski definition) is 1. The number of nitrogens with zero attached hydrogens (tertiary/aromatic N) is 2. The number of anilines is 1. The number of rotatable bonds is 4. The van der Waals surface area contributed by atoms with Crippen LogP contribution >= 0.6 is 0 Å². The first-order valence-corrected chi connectivity index (χ1v) is 9.89. The van der Waals surface area contributed by atoms with Crippen LogP contribution in [0.2, 0.25) is 0 Å². The van der Waals surface area contributed by atoms with Crippen LogP contribution in [0.25, 0.3) is 0 Å². The first kappa shape index (κ1) is 18.8. The highest BCUT2D eigenvalue weighted by atomic mass is 32.2. The van der Waals surface area contributed by atoms with Gasteiger partial charge in [-0.25, -0.2) is 0 Å². The van der Waals surface area contributed by atoms with Crippen molar-refractivity contribution < 1.29 is 13.2 Å². The van der Waals surface area contributed by atoms with Crippen LogP contribution in [0.5, 0.6) is 0 Å². The summed E-state index contributed by atoms with van der Waals surface area (Å²) in [5, 5.41) is 2.85. The number of carbonyl (C=O) groups is 1. The monoisotopic (exact) mass is 383 g/mol. The predicted octanol–water partition coefficient (Wildman–Crippen LogP) is 3.35. The van der Waals surface area contributed by atoms with Gasteiger partial charge >= 0.3 is 10.2 Å². The quantitative estimate of drug-likeness (QED) is 0.879. The van der Waals surface area contributed by atoms with Crippen molar-refractivity contribution in [1.29, 1.82) is 0 Å². The van der Waals surface area contributed by atoms with Crippen LogP contribution in [0.3, 0.4) is 0 Å². The van der Waals surface area contributed by atoms with E-state index in [0.29, 0.717) is 5.69 Å². The van der Waals surface area contributed by atoms with Gasteiger partial charge in [-0.1, -0.05) is 42.5 Å². The second-order valence-electron chi connectivity index (χ2n) is 6.43. The smallest absolute Gasteiger partial charge is 0.322 e. The van der Waals surface area contributed by atoms with Gasteiger partial charge in [-0.3, -0.25) is 9.10 Å². The van der Waals surface area contributed by atoms with Crippen LogP contribution in [0.4, 0.5) is 5.69 Å². The largest absolute Gasteiger partial charge is 0.344 e. The van der Waals surface area contributed by atoms with Gasteiger partial charge in [0.2, 0.25) is 0 Å². The zero-order chi connectivity index (χ0) is 19.6. The molecule has 1 amide bonds. The number of nitrogens with one attached hydrogen (secondary N) is 1. The summed E-state index contributed by atoms with van der Waals surface area (Å²) in [6.45, 7) is 5.52. The lowest BCUT2D eigenvalue weighted by Crippen LogP contribution is -2.32. The van der Waals surface area contributed by atoms with E-state index in [9.17, 15) is 13.2 Å². The van der Waals surface area contributed by atoms with Crippen molar-refractivity contribution >= 4 is 27.5 Å². The van der Waals surface area contributed by atoms with Crippen molar-refractivity contribution in [3.05, 3.63) is 77.0 Å². The van der Waals surface area contributed by atoms with Crippen LogP contribution in [0, 0.1) is 13.8 Å². The zero-order valence-electron chi connectivity index (χ0n) is 15.4. The fraction of sp³-hybridized carbons (Fsp3) is 0.200. The molecule has 0 aromatic heterocycles. The minimum Gasteiger partial charge on any atom is -0.322 e. The Balaban J connectivity index is 1.89. The lowest BCUT2D eigenvalue weighted by atomic mass is 10.1. The van der Waals surface area contributed by atoms with Gasteiger partial charge in [0.05, 0.1) is 17.8 Å². The average molecular weight is 383 g/mol. The van der Waals surface area contributed by atoms with E-state index in [1.54, 1.807) is 0 Å². The van der Waals surface area contributed by atoms with Gasteiger partial charge in [0.15, 0.2) is 0 Å². The number of amides is 1.